The number of para-hydroxylation sites is 1. The number of benzene rings is 1. The van der Waals surface area contributed by atoms with Gasteiger partial charge in [-0.2, -0.15) is 0 Å². The van der Waals surface area contributed by atoms with Crippen LogP contribution >= 0.6 is 11.6 Å². The summed E-state index contributed by atoms with van der Waals surface area (Å²) in [6, 6.07) is 7.65. The van der Waals surface area contributed by atoms with Gasteiger partial charge >= 0.3 is 0 Å². The number of hydrogen-bond acceptors (Lipinski definition) is 5. The van der Waals surface area contributed by atoms with E-state index in [1.807, 2.05) is 18.2 Å². The molecule has 2 bridgehead atoms. The molecule has 2 saturated heterocycles. The highest BCUT2D eigenvalue weighted by Gasteiger charge is 2.24. The molecular weight excluding hydrogens is 324 g/mol. The van der Waals surface area contributed by atoms with E-state index < -0.39 is 0 Å². The van der Waals surface area contributed by atoms with Gasteiger partial charge in [0.15, 0.2) is 0 Å². The molecule has 6 heteroatoms. The van der Waals surface area contributed by atoms with Crippen molar-refractivity contribution in [2.24, 2.45) is 0 Å². The Labute approximate surface area is 150 Å². The Morgan fingerprint density at radius 3 is 2.50 bits per heavy atom. The standard InChI is InChI=1S/C18H29ClN4O/c1-20-6-7-21-8-9-22(14-16-4-2-3-5-17(16)24)11-13-23(12-10-21)18(19)15-20/h2-5,18,24H,6-15H2,1H3. The van der Waals surface area contributed by atoms with Crippen LogP contribution in [0.1, 0.15) is 5.56 Å². The number of phenolic OH excluding ortho intramolecular Hbond substituents is 1. The summed E-state index contributed by atoms with van der Waals surface area (Å²) in [4.78, 5) is 9.72. The fourth-order valence-electron chi connectivity index (χ4n) is 3.48. The van der Waals surface area contributed by atoms with Gasteiger partial charge in [-0.15, -0.1) is 11.6 Å². The van der Waals surface area contributed by atoms with Crippen molar-refractivity contribution in [3.8, 4) is 5.75 Å². The molecule has 2 aliphatic heterocycles. The fourth-order valence-corrected chi connectivity index (χ4v) is 3.91. The van der Waals surface area contributed by atoms with Crippen molar-refractivity contribution in [2.45, 2.75) is 12.0 Å². The summed E-state index contributed by atoms with van der Waals surface area (Å²) in [5.74, 6) is 0.393. The Morgan fingerprint density at radius 1 is 1.00 bits per heavy atom. The minimum absolute atomic E-state index is 0.0695. The first-order valence-electron chi connectivity index (χ1n) is 8.90. The highest BCUT2D eigenvalue weighted by atomic mass is 35.5. The maximum Gasteiger partial charge on any atom is 0.120 e. The number of hydrogen-bond donors (Lipinski definition) is 1. The van der Waals surface area contributed by atoms with E-state index in [0.29, 0.717) is 5.75 Å². The number of fused-ring (bicyclic) bond motifs is 3. The smallest absolute Gasteiger partial charge is 0.120 e. The van der Waals surface area contributed by atoms with Crippen molar-refractivity contribution in [1.29, 1.82) is 0 Å². The lowest BCUT2D eigenvalue weighted by atomic mass is 10.2. The number of aromatic hydroxyl groups is 1. The van der Waals surface area contributed by atoms with E-state index in [-0.39, 0.29) is 5.50 Å². The quantitative estimate of drug-likeness (QED) is 0.641. The van der Waals surface area contributed by atoms with Crippen molar-refractivity contribution in [3.05, 3.63) is 29.8 Å². The molecule has 0 radical (unpaired) electrons. The molecular formula is C18H29ClN4O. The first kappa shape index (κ1) is 18.0. The Bertz CT molecular complexity index is 529. The predicted octanol–water partition coefficient (Wildman–Crippen LogP) is 1.32. The molecule has 0 aromatic heterocycles. The summed E-state index contributed by atoms with van der Waals surface area (Å²) in [6.45, 7) is 10.0. The largest absolute Gasteiger partial charge is 0.508 e. The number of rotatable bonds is 2. The molecule has 134 valence electrons. The zero-order chi connectivity index (χ0) is 16.9. The average molecular weight is 353 g/mol. The normalized spacial score (nSPS) is 30.7. The molecule has 1 aromatic rings. The first-order chi connectivity index (χ1) is 11.6. The third kappa shape index (κ3) is 4.83. The minimum Gasteiger partial charge on any atom is -0.508 e. The Kier molecular flexibility index (Phi) is 6.36. The van der Waals surface area contributed by atoms with E-state index >= 15 is 0 Å². The predicted molar refractivity (Wildman–Crippen MR) is 98.5 cm³/mol. The van der Waals surface area contributed by atoms with Crippen LogP contribution in [0.15, 0.2) is 24.3 Å². The zero-order valence-corrected chi connectivity index (χ0v) is 15.3. The zero-order valence-electron chi connectivity index (χ0n) is 14.6. The number of phenols is 1. The van der Waals surface area contributed by atoms with E-state index in [4.69, 9.17) is 11.6 Å². The summed E-state index contributed by atoms with van der Waals surface area (Å²) >= 11 is 6.67. The van der Waals surface area contributed by atoms with Crippen LogP contribution in [-0.4, -0.2) is 96.2 Å². The summed E-state index contributed by atoms with van der Waals surface area (Å²) in [7, 11) is 2.16. The van der Waals surface area contributed by atoms with Crippen LogP contribution in [0.5, 0.6) is 5.75 Å². The molecule has 0 saturated carbocycles. The molecule has 2 aliphatic rings. The van der Waals surface area contributed by atoms with E-state index in [0.717, 1.165) is 71.0 Å². The molecule has 0 aliphatic carbocycles. The average Bonchev–Trinajstić information content (AvgIpc) is 2.69. The van der Waals surface area contributed by atoms with Crippen LogP contribution < -0.4 is 0 Å². The van der Waals surface area contributed by atoms with Gasteiger partial charge in [0.05, 0.1) is 5.50 Å². The van der Waals surface area contributed by atoms with Gasteiger partial charge in [-0.1, -0.05) is 18.2 Å². The molecule has 0 amide bonds. The van der Waals surface area contributed by atoms with Crippen LogP contribution in [0.3, 0.4) is 0 Å². The van der Waals surface area contributed by atoms with Crippen molar-refractivity contribution < 1.29 is 5.11 Å². The maximum absolute atomic E-state index is 10.1. The second kappa shape index (κ2) is 8.50. The molecule has 24 heavy (non-hydrogen) atoms. The lowest BCUT2D eigenvalue weighted by Crippen LogP contribution is -2.44. The lowest BCUT2D eigenvalue weighted by molar-refractivity contribution is 0.172. The molecule has 5 nitrogen and oxygen atoms in total. The molecule has 2 fully saturated rings. The minimum atomic E-state index is 0.0695. The number of alkyl halides is 1. The highest BCUT2D eigenvalue weighted by Crippen LogP contribution is 2.19. The van der Waals surface area contributed by atoms with E-state index in [1.54, 1.807) is 6.07 Å². The van der Waals surface area contributed by atoms with Gasteiger partial charge < -0.3 is 10.0 Å². The molecule has 3 atom stereocenters. The third-order valence-electron chi connectivity index (χ3n) is 5.18. The van der Waals surface area contributed by atoms with E-state index in [9.17, 15) is 5.11 Å². The van der Waals surface area contributed by atoms with Crippen LogP contribution in [0.4, 0.5) is 0 Å². The maximum atomic E-state index is 10.1. The lowest BCUT2D eigenvalue weighted by Gasteiger charge is -2.31. The van der Waals surface area contributed by atoms with E-state index in [1.165, 1.54) is 0 Å². The highest BCUT2D eigenvalue weighted by molar-refractivity contribution is 6.20. The number of nitrogens with zero attached hydrogens (tertiary/aromatic N) is 4. The van der Waals surface area contributed by atoms with Gasteiger partial charge in [0.25, 0.3) is 0 Å². The molecule has 1 N–H and O–H groups in total. The number of likely N-dealkylation sites (N-methyl/N-ethyl adjacent to an activating group) is 1. The topological polar surface area (TPSA) is 33.2 Å². The van der Waals surface area contributed by atoms with Crippen LogP contribution in [0.25, 0.3) is 0 Å². The molecule has 0 spiro atoms. The van der Waals surface area contributed by atoms with Gasteiger partial charge in [-0.05, 0) is 13.1 Å². The number of halogens is 1. The van der Waals surface area contributed by atoms with Gasteiger partial charge in [-0.3, -0.25) is 14.7 Å². The van der Waals surface area contributed by atoms with Crippen molar-refractivity contribution in [2.75, 3.05) is 66.0 Å². The Balaban J connectivity index is 1.70. The molecule has 1 aromatic carbocycles. The first-order valence-corrected chi connectivity index (χ1v) is 9.34. The SMILES string of the molecule is CN1CCN2CCN(Cc3ccccc3O)CCN(CC2)C(Cl)C1. The second-order valence-electron chi connectivity index (χ2n) is 6.98. The van der Waals surface area contributed by atoms with Gasteiger partial charge in [0, 0.05) is 71.0 Å². The fraction of sp³-hybridized carbons (Fsp3) is 0.667. The second-order valence-corrected chi connectivity index (χ2v) is 7.48. The monoisotopic (exact) mass is 352 g/mol. The third-order valence-corrected chi connectivity index (χ3v) is 5.60. The van der Waals surface area contributed by atoms with Crippen molar-refractivity contribution in [1.82, 2.24) is 19.6 Å². The Morgan fingerprint density at radius 2 is 1.67 bits per heavy atom. The molecule has 3 unspecified atom stereocenters. The van der Waals surface area contributed by atoms with E-state index in [2.05, 4.69) is 26.6 Å². The van der Waals surface area contributed by atoms with Gasteiger partial charge in [0.2, 0.25) is 0 Å². The summed E-state index contributed by atoms with van der Waals surface area (Å²) in [5, 5.41) is 10.1. The van der Waals surface area contributed by atoms with Gasteiger partial charge in [0.1, 0.15) is 5.75 Å². The summed E-state index contributed by atoms with van der Waals surface area (Å²) < 4.78 is 0. The summed E-state index contributed by atoms with van der Waals surface area (Å²) in [6.07, 6.45) is 0. The summed E-state index contributed by atoms with van der Waals surface area (Å²) in [5.41, 5.74) is 1.07. The van der Waals surface area contributed by atoms with Crippen molar-refractivity contribution >= 4 is 11.6 Å². The van der Waals surface area contributed by atoms with Crippen molar-refractivity contribution in [3.63, 3.8) is 0 Å². The van der Waals surface area contributed by atoms with Crippen LogP contribution in [-0.2, 0) is 6.54 Å². The van der Waals surface area contributed by atoms with Gasteiger partial charge in [-0.25, -0.2) is 0 Å². The molecule has 2 heterocycles. The van der Waals surface area contributed by atoms with Crippen LogP contribution in [0, 0.1) is 0 Å². The van der Waals surface area contributed by atoms with Crippen LogP contribution in [0.2, 0.25) is 0 Å². The Hall–Kier alpha value is -0.850. The molecule has 3 rings (SSSR count).